The van der Waals surface area contributed by atoms with Crippen LogP contribution in [0.25, 0.3) is 11.4 Å². The molecule has 9 nitrogen and oxygen atoms in total. The Balaban J connectivity index is 1.34. The summed E-state index contributed by atoms with van der Waals surface area (Å²) in [6.07, 6.45) is 9.07. The average Bonchev–Trinajstić information content (AvgIpc) is 3.23. The van der Waals surface area contributed by atoms with Crippen LogP contribution in [0.4, 0.5) is 0 Å². The van der Waals surface area contributed by atoms with Crippen molar-refractivity contribution in [1.29, 1.82) is 0 Å². The molecule has 2 aliphatic rings. The molecule has 2 aliphatic heterocycles. The first kappa shape index (κ1) is 16.0. The molecule has 5 rings (SSSR count). The lowest BCUT2D eigenvalue weighted by atomic mass is 10.00. The van der Waals surface area contributed by atoms with Crippen LogP contribution in [0.15, 0.2) is 43.1 Å². The van der Waals surface area contributed by atoms with E-state index in [1.807, 2.05) is 21.7 Å². The van der Waals surface area contributed by atoms with Gasteiger partial charge in [-0.15, -0.1) is 5.10 Å². The number of carbonyl (C=O) groups is 1. The second-order valence-corrected chi connectivity index (χ2v) is 6.66. The molecule has 0 spiro atoms. The summed E-state index contributed by atoms with van der Waals surface area (Å²) in [4.78, 5) is 27.4. The van der Waals surface area contributed by atoms with Crippen molar-refractivity contribution >= 4 is 5.91 Å². The van der Waals surface area contributed by atoms with Crippen LogP contribution < -0.4 is 0 Å². The molecule has 0 radical (unpaired) electrons. The lowest BCUT2D eigenvalue weighted by Gasteiger charge is -2.40. The molecular formula is C18H17N7O2. The molecule has 0 aromatic carbocycles. The molecule has 0 aliphatic carbocycles. The SMILES string of the molecule is O=C(c1cnc(-c2cccnc2)nc1)N1CC[C@@H]2OCc3cnnn3[C@@H]2C1. The predicted octanol–water partition coefficient (Wildman–Crippen LogP) is 1.12. The number of amides is 1. The van der Waals surface area contributed by atoms with Crippen LogP contribution in [0.1, 0.15) is 28.5 Å². The Hall–Kier alpha value is -3.20. The Bertz CT molecular complexity index is 957. The van der Waals surface area contributed by atoms with Crippen molar-refractivity contribution in [2.24, 2.45) is 0 Å². The number of ether oxygens (including phenoxy) is 1. The van der Waals surface area contributed by atoms with Gasteiger partial charge >= 0.3 is 0 Å². The number of pyridine rings is 1. The van der Waals surface area contributed by atoms with Crippen molar-refractivity contribution in [3.63, 3.8) is 0 Å². The minimum Gasteiger partial charge on any atom is -0.370 e. The van der Waals surface area contributed by atoms with Crippen molar-refractivity contribution in [3.05, 3.63) is 54.4 Å². The van der Waals surface area contributed by atoms with E-state index in [2.05, 4.69) is 25.3 Å². The highest BCUT2D eigenvalue weighted by atomic mass is 16.5. The molecule has 136 valence electrons. The number of aromatic nitrogens is 6. The van der Waals surface area contributed by atoms with E-state index in [9.17, 15) is 4.79 Å². The molecule has 5 heterocycles. The van der Waals surface area contributed by atoms with E-state index in [0.29, 0.717) is 31.1 Å². The first-order chi connectivity index (χ1) is 13.3. The summed E-state index contributed by atoms with van der Waals surface area (Å²) in [7, 11) is 0. The highest BCUT2D eigenvalue weighted by molar-refractivity contribution is 5.93. The largest absolute Gasteiger partial charge is 0.370 e. The fourth-order valence-corrected chi connectivity index (χ4v) is 3.63. The molecule has 0 unspecified atom stereocenters. The highest BCUT2D eigenvalue weighted by Crippen LogP contribution is 2.30. The van der Waals surface area contributed by atoms with E-state index in [1.165, 1.54) is 0 Å². The van der Waals surface area contributed by atoms with Gasteiger partial charge in [-0.3, -0.25) is 9.78 Å². The van der Waals surface area contributed by atoms with Gasteiger partial charge in [0.2, 0.25) is 0 Å². The monoisotopic (exact) mass is 363 g/mol. The second kappa shape index (κ2) is 6.51. The van der Waals surface area contributed by atoms with E-state index >= 15 is 0 Å². The smallest absolute Gasteiger partial charge is 0.257 e. The minimum absolute atomic E-state index is 0.00969. The third-order valence-corrected chi connectivity index (χ3v) is 5.03. The number of hydrogen-bond donors (Lipinski definition) is 0. The van der Waals surface area contributed by atoms with Gasteiger partial charge in [0, 0.05) is 43.4 Å². The molecule has 0 saturated carbocycles. The molecule has 0 bridgehead atoms. The lowest BCUT2D eigenvalue weighted by molar-refractivity contribution is -0.0605. The molecule has 1 saturated heterocycles. The quantitative estimate of drug-likeness (QED) is 0.672. The topological polar surface area (TPSA) is 98.9 Å². The maximum Gasteiger partial charge on any atom is 0.257 e. The van der Waals surface area contributed by atoms with Crippen LogP contribution in [-0.4, -0.2) is 59.9 Å². The summed E-state index contributed by atoms with van der Waals surface area (Å²) >= 11 is 0. The third kappa shape index (κ3) is 2.85. The zero-order chi connectivity index (χ0) is 18.2. The van der Waals surface area contributed by atoms with Gasteiger partial charge in [-0.1, -0.05) is 5.21 Å². The molecule has 0 N–H and O–H groups in total. The van der Waals surface area contributed by atoms with Gasteiger partial charge in [-0.05, 0) is 18.6 Å². The van der Waals surface area contributed by atoms with Crippen molar-refractivity contribution in [1.82, 2.24) is 34.8 Å². The first-order valence-corrected chi connectivity index (χ1v) is 8.82. The van der Waals surface area contributed by atoms with E-state index < -0.39 is 0 Å². The van der Waals surface area contributed by atoms with Crippen LogP contribution in [0, 0.1) is 0 Å². The number of rotatable bonds is 2. The van der Waals surface area contributed by atoms with E-state index in [4.69, 9.17) is 4.74 Å². The standard InChI is InChI=1S/C18H17N7O2/c26-18(13-7-20-17(21-8-13)12-2-1-4-19-6-12)24-5-3-16-15(10-24)25-14(11-27-16)9-22-23-25/h1-2,4,6-9,15-16H,3,5,10-11H2/t15-,16+/m1/s1. The molecule has 9 heteroatoms. The van der Waals surface area contributed by atoms with Crippen LogP contribution in [0.3, 0.4) is 0 Å². The molecule has 3 aromatic rings. The van der Waals surface area contributed by atoms with Crippen molar-refractivity contribution in [2.75, 3.05) is 13.1 Å². The van der Waals surface area contributed by atoms with Crippen molar-refractivity contribution < 1.29 is 9.53 Å². The third-order valence-electron chi connectivity index (χ3n) is 5.03. The fraction of sp³-hybridized carbons (Fsp3) is 0.333. The Morgan fingerprint density at radius 1 is 1.19 bits per heavy atom. The zero-order valence-corrected chi connectivity index (χ0v) is 14.5. The summed E-state index contributed by atoms with van der Waals surface area (Å²) < 4.78 is 7.78. The Labute approximate surface area is 155 Å². The summed E-state index contributed by atoms with van der Waals surface area (Å²) in [5, 5.41) is 8.14. The minimum atomic E-state index is -0.0848. The Morgan fingerprint density at radius 3 is 2.89 bits per heavy atom. The van der Waals surface area contributed by atoms with Gasteiger partial charge in [0.25, 0.3) is 5.91 Å². The maximum atomic E-state index is 12.9. The maximum absolute atomic E-state index is 12.9. The zero-order valence-electron chi connectivity index (χ0n) is 14.5. The van der Waals surface area contributed by atoms with Crippen LogP contribution >= 0.6 is 0 Å². The number of piperidine rings is 1. The molecule has 2 atom stereocenters. The Morgan fingerprint density at radius 2 is 2.07 bits per heavy atom. The molecule has 1 fully saturated rings. The summed E-state index contributed by atoms with van der Waals surface area (Å²) in [5.41, 5.74) is 2.22. The first-order valence-electron chi connectivity index (χ1n) is 8.82. The lowest BCUT2D eigenvalue weighted by Crippen LogP contribution is -2.49. The number of fused-ring (bicyclic) bond motifs is 3. The van der Waals surface area contributed by atoms with Gasteiger partial charge in [-0.2, -0.15) is 0 Å². The number of likely N-dealkylation sites (tertiary alicyclic amines) is 1. The summed E-state index contributed by atoms with van der Waals surface area (Å²) in [6, 6.07) is 3.70. The normalized spacial score (nSPS) is 21.4. The van der Waals surface area contributed by atoms with E-state index in [1.54, 1.807) is 31.0 Å². The summed E-state index contributed by atoms with van der Waals surface area (Å²) in [6.45, 7) is 1.68. The van der Waals surface area contributed by atoms with Gasteiger partial charge in [0.15, 0.2) is 5.82 Å². The molecule has 27 heavy (non-hydrogen) atoms. The molecular weight excluding hydrogens is 346 g/mol. The van der Waals surface area contributed by atoms with Gasteiger partial charge < -0.3 is 9.64 Å². The average molecular weight is 363 g/mol. The number of nitrogens with zero attached hydrogens (tertiary/aromatic N) is 7. The van der Waals surface area contributed by atoms with Crippen LogP contribution in [0.2, 0.25) is 0 Å². The number of hydrogen-bond acceptors (Lipinski definition) is 7. The predicted molar refractivity (Wildman–Crippen MR) is 93.4 cm³/mol. The van der Waals surface area contributed by atoms with Gasteiger partial charge in [0.05, 0.1) is 36.2 Å². The van der Waals surface area contributed by atoms with E-state index in [0.717, 1.165) is 17.7 Å². The van der Waals surface area contributed by atoms with E-state index in [-0.39, 0.29) is 18.1 Å². The Kier molecular flexibility index (Phi) is 3.86. The van der Waals surface area contributed by atoms with Gasteiger partial charge in [-0.25, -0.2) is 14.6 Å². The van der Waals surface area contributed by atoms with Crippen LogP contribution in [-0.2, 0) is 11.3 Å². The van der Waals surface area contributed by atoms with Gasteiger partial charge in [0.1, 0.15) is 0 Å². The fourth-order valence-electron chi connectivity index (χ4n) is 3.63. The van der Waals surface area contributed by atoms with Crippen molar-refractivity contribution in [3.8, 4) is 11.4 Å². The van der Waals surface area contributed by atoms with Crippen LogP contribution in [0.5, 0.6) is 0 Å². The number of carbonyl (C=O) groups excluding carboxylic acids is 1. The second-order valence-electron chi connectivity index (χ2n) is 6.66. The molecule has 1 amide bonds. The van der Waals surface area contributed by atoms with Crippen molar-refractivity contribution in [2.45, 2.75) is 25.2 Å². The highest BCUT2D eigenvalue weighted by Gasteiger charge is 2.38. The molecule has 3 aromatic heterocycles. The summed E-state index contributed by atoms with van der Waals surface area (Å²) in [5.74, 6) is 0.463.